The molecule has 0 unspecified atom stereocenters. The molecular weight excluding hydrogens is 548 g/mol. The van der Waals surface area contributed by atoms with Gasteiger partial charge in [0.25, 0.3) is 0 Å². The van der Waals surface area contributed by atoms with Crippen molar-refractivity contribution >= 4 is 40.1 Å². The number of rotatable bonds is 1. The SMILES string of the molecule is CC(C)(C)OC(=O)N1CCN(C(=O)CBr)CCN(C(=O)OC(C)(C)C)CCN(C(=O)OC(C)(C)C)CC1. The third kappa shape index (κ3) is 13.2. The van der Waals surface area contributed by atoms with Crippen molar-refractivity contribution in [2.45, 2.75) is 79.1 Å². The number of carbonyl (C=O) groups is 4. The summed E-state index contributed by atoms with van der Waals surface area (Å²) in [6, 6.07) is 0. The zero-order valence-electron chi connectivity index (χ0n) is 23.9. The van der Waals surface area contributed by atoms with Gasteiger partial charge >= 0.3 is 18.3 Å². The van der Waals surface area contributed by atoms with Crippen LogP contribution in [0.2, 0.25) is 0 Å². The zero-order valence-corrected chi connectivity index (χ0v) is 25.5. The molecule has 1 aliphatic rings. The van der Waals surface area contributed by atoms with Crippen molar-refractivity contribution in [3.63, 3.8) is 0 Å². The number of hydrogen-bond acceptors (Lipinski definition) is 7. The largest absolute Gasteiger partial charge is 0.444 e. The summed E-state index contributed by atoms with van der Waals surface area (Å²) in [6.07, 6.45) is -1.61. The van der Waals surface area contributed by atoms with Gasteiger partial charge in [-0.2, -0.15) is 0 Å². The van der Waals surface area contributed by atoms with Gasteiger partial charge in [0.05, 0.1) is 5.33 Å². The Balaban J connectivity index is 3.27. The number of amides is 4. The Morgan fingerprint density at radius 2 is 0.730 bits per heavy atom. The smallest absolute Gasteiger partial charge is 0.410 e. The van der Waals surface area contributed by atoms with Gasteiger partial charge in [-0.05, 0) is 62.3 Å². The van der Waals surface area contributed by atoms with E-state index in [1.54, 1.807) is 67.2 Å². The monoisotopic (exact) mass is 592 g/mol. The van der Waals surface area contributed by atoms with Crippen molar-refractivity contribution < 1.29 is 33.4 Å². The number of nitrogens with zero attached hydrogens (tertiary/aromatic N) is 4. The quantitative estimate of drug-likeness (QED) is 0.335. The van der Waals surface area contributed by atoms with E-state index in [2.05, 4.69) is 15.9 Å². The van der Waals surface area contributed by atoms with Crippen molar-refractivity contribution in [2.75, 3.05) is 57.7 Å². The lowest BCUT2D eigenvalue weighted by Crippen LogP contribution is -2.52. The average Bonchev–Trinajstić information content (AvgIpc) is 2.69. The highest BCUT2D eigenvalue weighted by atomic mass is 79.9. The van der Waals surface area contributed by atoms with Crippen LogP contribution in [0, 0.1) is 0 Å². The molecule has 0 radical (unpaired) electrons. The third-order valence-electron chi connectivity index (χ3n) is 4.98. The fourth-order valence-corrected chi connectivity index (χ4v) is 3.63. The van der Waals surface area contributed by atoms with Gasteiger partial charge in [-0.1, -0.05) is 15.9 Å². The Hall–Kier alpha value is -2.24. The molecule has 0 aliphatic carbocycles. The average molecular weight is 594 g/mol. The van der Waals surface area contributed by atoms with E-state index >= 15 is 0 Å². The molecule has 1 heterocycles. The molecular formula is C25H45BrN4O7. The summed E-state index contributed by atoms with van der Waals surface area (Å²) >= 11 is 3.21. The van der Waals surface area contributed by atoms with Crippen molar-refractivity contribution in [3.05, 3.63) is 0 Å². The molecule has 0 saturated carbocycles. The summed E-state index contributed by atoms with van der Waals surface area (Å²) < 4.78 is 16.7. The summed E-state index contributed by atoms with van der Waals surface area (Å²) in [4.78, 5) is 57.5. The van der Waals surface area contributed by atoms with E-state index in [4.69, 9.17) is 14.2 Å². The fourth-order valence-electron chi connectivity index (χ4n) is 3.27. The minimum absolute atomic E-state index is 0.109. The van der Waals surface area contributed by atoms with Crippen LogP contribution in [-0.2, 0) is 19.0 Å². The number of ether oxygens (including phenoxy) is 3. The van der Waals surface area contributed by atoms with Crippen LogP contribution in [0.5, 0.6) is 0 Å². The molecule has 1 aliphatic heterocycles. The topological polar surface area (TPSA) is 109 Å². The highest BCUT2D eigenvalue weighted by Gasteiger charge is 2.30. The van der Waals surface area contributed by atoms with Crippen molar-refractivity contribution in [3.8, 4) is 0 Å². The minimum Gasteiger partial charge on any atom is -0.444 e. The highest BCUT2D eigenvalue weighted by Crippen LogP contribution is 2.15. The molecule has 0 bridgehead atoms. The second-order valence-electron chi connectivity index (χ2n) is 11.9. The first-order valence-electron chi connectivity index (χ1n) is 12.6. The van der Waals surface area contributed by atoms with Gasteiger partial charge in [-0.25, -0.2) is 14.4 Å². The Labute approximate surface area is 229 Å². The highest BCUT2D eigenvalue weighted by molar-refractivity contribution is 9.09. The van der Waals surface area contributed by atoms with Crippen LogP contribution in [0.3, 0.4) is 0 Å². The first-order valence-corrected chi connectivity index (χ1v) is 13.7. The number of halogens is 1. The molecule has 4 amide bonds. The Kier molecular flexibility index (Phi) is 12.0. The lowest BCUT2D eigenvalue weighted by atomic mass is 10.2. The van der Waals surface area contributed by atoms with Crippen LogP contribution in [0.1, 0.15) is 62.3 Å². The predicted molar refractivity (Wildman–Crippen MR) is 144 cm³/mol. The number of alkyl halides is 1. The van der Waals surface area contributed by atoms with Gasteiger partial charge in [0.1, 0.15) is 16.8 Å². The molecule has 0 N–H and O–H groups in total. The predicted octanol–water partition coefficient (Wildman–Crippen LogP) is 3.93. The first kappa shape index (κ1) is 32.8. The Morgan fingerprint density at radius 1 is 0.514 bits per heavy atom. The summed E-state index contributed by atoms with van der Waals surface area (Å²) in [5.41, 5.74) is -2.12. The minimum atomic E-state index is -0.715. The molecule has 214 valence electrons. The third-order valence-corrected chi connectivity index (χ3v) is 5.46. The molecule has 0 atom stereocenters. The molecule has 0 spiro atoms. The van der Waals surface area contributed by atoms with E-state index in [1.165, 1.54) is 14.7 Å². The first-order chi connectivity index (χ1) is 16.8. The summed E-state index contributed by atoms with van der Waals surface area (Å²) in [6.45, 7) is 17.5. The lowest BCUT2D eigenvalue weighted by molar-refractivity contribution is -0.128. The zero-order chi connectivity index (χ0) is 28.6. The van der Waals surface area contributed by atoms with E-state index in [1.807, 2.05) is 0 Å². The van der Waals surface area contributed by atoms with E-state index < -0.39 is 35.1 Å². The van der Waals surface area contributed by atoms with Crippen LogP contribution in [0.15, 0.2) is 0 Å². The maximum absolute atomic E-state index is 13.0. The molecule has 1 fully saturated rings. The summed E-state index contributed by atoms with van der Waals surface area (Å²) in [7, 11) is 0. The Bertz CT molecular complexity index is 758. The van der Waals surface area contributed by atoms with E-state index in [-0.39, 0.29) is 63.6 Å². The normalized spacial score (nSPS) is 16.9. The van der Waals surface area contributed by atoms with Gasteiger partial charge in [0.2, 0.25) is 5.91 Å². The van der Waals surface area contributed by atoms with E-state index in [9.17, 15) is 19.2 Å². The lowest BCUT2D eigenvalue weighted by Gasteiger charge is -2.35. The molecule has 11 nitrogen and oxygen atoms in total. The molecule has 0 aromatic heterocycles. The van der Waals surface area contributed by atoms with Crippen LogP contribution < -0.4 is 0 Å². The van der Waals surface area contributed by atoms with Crippen LogP contribution >= 0.6 is 15.9 Å². The fraction of sp³-hybridized carbons (Fsp3) is 0.840. The summed E-state index contributed by atoms with van der Waals surface area (Å²) in [5, 5.41) is 0.109. The Morgan fingerprint density at radius 3 is 0.919 bits per heavy atom. The van der Waals surface area contributed by atoms with Gasteiger partial charge in [0.15, 0.2) is 0 Å². The van der Waals surface area contributed by atoms with Crippen molar-refractivity contribution in [2.24, 2.45) is 0 Å². The second-order valence-corrected chi connectivity index (χ2v) is 12.5. The molecule has 37 heavy (non-hydrogen) atoms. The van der Waals surface area contributed by atoms with Crippen molar-refractivity contribution in [1.29, 1.82) is 0 Å². The second kappa shape index (κ2) is 13.5. The van der Waals surface area contributed by atoms with Gasteiger partial charge in [-0.15, -0.1) is 0 Å². The molecule has 0 aromatic carbocycles. The van der Waals surface area contributed by atoms with E-state index in [0.29, 0.717) is 0 Å². The van der Waals surface area contributed by atoms with Gasteiger partial charge < -0.3 is 33.8 Å². The number of hydrogen-bond donors (Lipinski definition) is 0. The van der Waals surface area contributed by atoms with E-state index in [0.717, 1.165) is 0 Å². The summed E-state index contributed by atoms with van der Waals surface area (Å²) in [5.74, 6) is -0.166. The van der Waals surface area contributed by atoms with Crippen LogP contribution in [-0.4, -0.2) is 118 Å². The van der Waals surface area contributed by atoms with Crippen molar-refractivity contribution in [1.82, 2.24) is 19.6 Å². The van der Waals surface area contributed by atoms with Gasteiger partial charge in [-0.3, -0.25) is 4.79 Å². The number of carbonyl (C=O) groups excluding carboxylic acids is 4. The van der Waals surface area contributed by atoms with Crippen LogP contribution in [0.25, 0.3) is 0 Å². The molecule has 12 heteroatoms. The maximum atomic E-state index is 13.0. The molecule has 1 saturated heterocycles. The molecule has 1 rings (SSSR count). The van der Waals surface area contributed by atoms with Gasteiger partial charge in [0, 0.05) is 52.4 Å². The maximum Gasteiger partial charge on any atom is 0.410 e. The van der Waals surface area contributed by atoms with Crippen LogP contribution in [0.4, 0.5) is 14.4 Å². The standard InChI is InChI=1S/C25H45BrN4O7/c1-23(2,3)35-20(32)28-12-10-27(19(31)18-26)11-13-29(21(33)36-24(4,5)6)15-17-30(16-14-28)22(34)37-25(7,8)9/h10-18H2,1-9H3. The molecule has 0 aromatic rings.